The van der Waals surface area contributed by atoms with Gasteiger partial charge < -0.3 is 10.0 Å². The second-order valence-electron chi connectivity index (χ2n) is 5.49. The molecule has 1 aromatic heterocycles. The summed E-state index contributed by atoms with van der Waals surface area (Å²) in [5, 5.41) is 23.5. The van der Waals surface area contributed by atoms with Crippen molar-refractivity contribution in [2.45, 2.75) is 25.9 Å². The number of fused-ring (bicyclic) bond motifs is 1. The minimum atomic E-state index is -0.167. The van der Waals surface area contributed by atoms with Crippen LogP contribution in [0, 0.1) is 30.1 Å². The number of aryl methyl sites for hydroxylation is 2. The van der Waals surface area contributed by atoms with Crippen molar-refractivity contribution in [3.63, 3.8) is 0 Å². The molecule has 1 saturated carbocycles. The molecular weight excluding hydrogens is 228 g/mol. The summed E-state index contributed by atoms with van der Waals surface area (Å²) in [5.41, 5.74) is 1.46. The van der Waals surface area contributed by atoms with Gasteiger partial charge in [0.2, 0.25) is 0 Å². The van der Waals surface area contributed by atoms with Gasteiger partial charge >= 0.3 is 0 Å². The highest BCUT2D eigenvalue weighted by Crippen LogP contribution is 2.40. The van der Waals surface area contributed by atoms with Gasteiger partial charge in [0.15, 0.2) is 0 Å². The van der Waals surface area contributed by atoms with Gasteiger partial charge in [-0.3, -0.25) is 4.68 Å². The monoisotopic (exact) mass is 246 g/mol. The molecule has 2 aliphatic rings. The van der Waals surface area contributed by atoms with Crippen LogP contribution >= 0.6 is 0 Å². The lowest BCUT2D eigenvalue weighted by atomic mass is 10.00. The van der Waals surface area contributed by atoms with E-state index in [-0.39, 0.29) is 6.10 Å². The Morgan fingerprint density at radius 3 is 2.83 bits per heavy atom. The van der Waals surface area contributed by atoms with E-state index < -0.39 is 0 Å². The molecule has 5 nitrogen and oxygen atoms in total. The van der Waals surface area contributed by atoms with Crippen LogP contribution in [0.4, 0.5) is 5.82 Å². The normalized spacial score (nSPS) is 30.6. The maximum atomic E-state index is 9.95. The fraction of sp³-hybridized carbons (Fsp3) is 0.692. The number of aliphatic hydroxyl groups excluding tert-OH is 1. The van der Waals surface area contributed by atoms with Crippen molar-refractivity contribution in [2.24, 2.45) is 18.9 Å². The Kier molecular flexibility index (Phi) is 2.56. The van der Waals surface area contributed by atoms with Gasteiger partial charge in [-0.2, -0.15) is 10.4 Å². The molecule has 18 heavy (non-hydrogen) atoms. The third kappa shape index (κ3) is 1.52. The molecule has 0 amide bonds. The van der Waals surface area contributed by atoms with E-state index in [1.807, 2.05) is 14.0 Å². The summed E-state index contributed by atoms with van der Waals surface area (Å²) in [4.78, 5) is 2.22. The number of nitrogens with zero attached hydrogens (tertiary/aromatic N) is 4. The second-order valence-corrected chi connectivity index (χ2v) is 5.49. The highest BCUT2D eigenvalue weighted by molar-refractivity contribution is 5.57. The van der Waals surface area contributed by atoms with Gasteiger partial charge in [-0.25, -0.2) is 0 Å². The molecule has 1 aliphatic heterocycles. The van der Waals surface area contributed by atoms with Crippen molar-refractivity contribution in [2.75, 3.05) is 18.0 Å². The van der Waals surface area contributed by atoms with E-state index in [0.717, 1.165) is 37.4 Å². The highest BCUT2D eigenvalue weighted by Gasteiger charge is 2.43. The number of nitriles is 1. The quantitative estimate of drug-likeness (QED) is 0.796. The number of rotatable bonds is 1. The van der Waals surface area contributed by atoms with Crippen molar-refractivity contribution in [1.29, 1.82) is 5.26 Å². The molecular formula is C13H18N4O. The molecule has 3 rings (SSSR count). The summed E-state index contributed by atoms with van der Waals surface area (Å²) >= 11 is 0. The highest BCUT2D eigenvalue weighted by atomic mass is 16.3. The Bertz CT molecular complexity index is 516. The summed E-state index contributed by atoms with van der Waals surface area (Å²) in [6.45, 7) is 3.66. The first kappa shape index (κ1) is 11.5. The van der Waals surface area contributed by atoms with Crippen LogP contribution in [0.2, 0.25) is 0 Å². The predicted molar refractivity (Wildman–Crippen MR) is 67.1 cm³/mol. The summed E-state index contributed by atoms with van der Waals surface area (Å²) in [6.07, 6.45) is 1.86. The first-order valence-electron chi connectivity index (χ1n) is 6.48. The number of hydrogen-bond donors (Lipinski definition) is 1. The SMILES string of the molecule is Cc1nn(C)c(N2CC3CCC(O)C3C2)c1C#N. The molecule has 3 unspecified atom stereocenters. The zero-order valence-corrected chi connectivity index (χ0v) is 10.8. The van der Waals surface area contributed by atoms with Crippen LogP contribution in [0.3, 0.4) is 0 Å². The van der Waals surface area contributed by atoms with Gasteiger partial charge in [0.05, 0.1) is 11.8 Å². The Hall–Kier alpha value is -1.54. The van der Waals surface area contributed by atoms with Gasteiger partial charge in [-0.15, -0.1) is 0 Å². The van der Waals surface area contributed by atoms with E-state index in [1.165, 1.54) is 0 Å². The van der Waals surface area contributed by atoms with E-state index in [0.29, 0.717) is 17.4 Å². The van der Waals surface area contributed by atoms with E-state index in [9.17, 15) is 10.4 Å². The van der Waals surface area contributed by atoms with Crippen LogP contribution in [0.1, 0.15) is 24.1 Å². The van der Waals surface area contributed by atoms with E-state index in [1.54, 1.807) is 4.68 Å². The topological polar surface area (TPSA) is 65.1 Å². The van der Waals surface area contributed by atoms with Crippen LogP contribution in [0.15, 0.2) is 0 Å². The smallest absolute Gasteiger partial charge is 0.144 e. The molecule has 0 spiro atoms. The lowest BCUT2D eigenvalue weighted by Gasteiger charge is -2.20. The fourth-order valence-corrected chi connectivity index (χ4v) is 3.55. The summed E-state index contributed by atoms with van der Waals surface area (Å²) in [6, 6.07) is 2.25. The van der Waals surface area contributed by atoms with Gasteiger partial charge in [0.1, 0.15) is 17.5 Å². The van der Waals surface area contributed by atoms with Crippen LogP contribution in [0.5, 0.6) is 0 Å². The number of anilines is 1. The van der Waals surface area contributed by atoms with Crippen LogP contribution in [-0.4, -0.2) is 34.1 Å². The molecule has 5 heteroatoms. The first-order valence-corrected chi connectivity index (χ1v) is 6.48. The molecule has 0 aromatic carbocycles. The summed E-state index contributed by atoms with van der Waals surface area (Å²) < 4.78 is 1.79. The molecule has 96 valence electrons. The second kappa shape index (κ2) is 3.99. The lowest BCUT2D eigenvalue weighted by molar-refractivity contribution is 0.133. The molecule has 2 fully saturated rings. The molecule has 2 heterocycles. The van der Waals surface area contributed by atoms with E-state index >= 15 is 0 Å². The lowest BCUT2D eigenvalue weighted by Crippen LogP contribution is -2.26. The van der Waals surface area contributed by atoms with Crippen LogP contribution in [-0.2, 0) is 7.05 Å². The molecule has 1 N–H and O–H groups in total. The maximum absolute atomic E-state index is 9.95. The number of aromatic nitrogens is 2. The van der Waals surface area contributed by atoms with Crippen LogP contribution < -0.4 is 4.90 Å². The van der Waals surface area contributed by atoms with Gasteiger partial charge in [-0.1, -0.05) is 0 Å². The third-order valence-corrected chi connectivity index (χ3v) is 4.42. The number of hydrogen-bond acceptors (Lipinski definition) is 4. The molecule has 0 bridgehead atoms. The average Bonchev–Trinajstić information content (AvgIpc) is 2.94. The third-order valence-electron chi connectivity index (χ3n) is 4.42. The Labute approximate surface area is 107 Å². The Morgan fingerprint density at radius 2 is 2.17 bits per heavy atom. The predicted octanol–water partition coefficient (Wildman–Crippen LogP) is 0.807. The molecule has 3 atom stereocenters. The van der Waals surface area contributed by atoms with Gasteiger partial charge in [-0.05, 0) is 25.7 Å². The maximum Gasteiger partial charge on any atom is 0.144 e. The van der Waals surface area contributed by atoms with Crippen molar-refractivity contribution in [3.05, 3.63) is 11.3 Å². The molecule has 1 aromatic rings. The zero-order chi connectivity index (χ0) is 12.9. The Morgan fingerprint density at radius 1 is 1.39 bits per heavy atom. The van der Waals surface area contributed by atoms with Crippen LogP contribution in [0.25, 0.3) is 0 Å². The standard InChI is InChI=1S/C13H18N4O/c1-8-10(5-14)13(16(2)15-8)17-6-9-3-4-12(18)11(9)7-17/h9,11-12,18H,3-4,6-7H2,1-2H3. The fourth-order valence-electron chi connectivity index (χ4n) is 3.55. The van der Waals surface area contributed by atoms with E-state index in [4.69, 9.17) is 0 Å². The zero-order valence-electron chi connectivity index (χ0n) is 10.8. The van der Waals surface area contributed by atoms with Gasteiger partial charge in [0, 0.05) is 26.1 Å². The van der Waals surface area contributed by atoms with Crippen molar-refractivity contribution >= 4 is 5.82 Å². The molecule has 0 radical (unpaired) electrons. The summed E-state index contributed by atoms with van der Waals surface area (Å²) in [5.74, 6) is 1.85. The van der Waals surface area contributed by atoms with Gasteiger partial charge in [0.25, 0.3) is 0 Å². The molecule has 1 aliphatic carbocycles. The van der Waals surface area contributed by atoms with E-state index in [2.05, 4.69) is 16.1 Å². The largest absolute Gasteiger partial charge is 0.393 e. The average molecular weight is 246 g/mol. The minimum Gasteiger partial charge on any atom is -0.393 e. The van der Waals surface area contributed by atoms with Crippen molar-refractivity contribution < 1.29 is 5.11 Å². The Balaban J connectivity index is 1.92. The minimum absolute atomic E-state index is 0.167. The summed E-state index contributed by atoms with van der Waals surface area (Å²) in [7, 11) is 1.88. The van der Waals surface area contributed by atoms with Crippen molar-refractivity contribution in [3.8, 4) is 6.07 Å². The first-order chi connectivity index (χ1) is 8.61. The van der Waals surface area contributed by atoms with Crippen molar-refractivity contribution in [1.82, 2.24) is 9.78 Å². The molecule has 1 saturated heterocycles. The number of aliphatic hydroxyl groups is 1.